The Bertz CT molecular complexity index is 686. The fourth-order valence-electron chi connectivity index (χ4n) is 4.16. The Morgan fingerprint density at radius 2 is 1.92 bits per heavy atom. The minimum atomic E-state index is -0.702. The van der Waals surface area contributed by atoms with Crippen molar-refractivity contribution in [2.45, 2.75) is 44.2 Å². The third-order valence-electron chi connectivity index (χ3n) is 5.88. The van der Waals surface area contributed by atoms with Crippen LogP contribution in [0, 0.1) is 5.92 Å². The van der Waals surface area contributed by atoms with Gasteiger partial charge in [0.25, 0.3) is 5.91 Å². The van der Waals surface area contributed by atoms with Crippen molar-refractivity contribution in [3.05, 3.63) is 29.8 Å². The normalized spacial score (nSPS) is 30.0. The topological polar surface area (TPSA) is 61.9 Å². The van der Waals surface area contributed by atoms with Gasteiger partial charge in [0.05, 0.1) is 13.8 Å². The van der Waals surface area contributed by atoms with Crippen molar-refractivity contribution in [1.82, 2.24) is 15.1 Å². The average molecular weight is 343 g/mol. The molecule has 3 amide bonds. The van der Waals surface area contributed by atoms with E-state index >= 15 is 0 Å². The van der Waals surface area contributed by atoms with Crippen LogP contribution in [0.1, 0.15) is 44.2 Å². The molecule has 2 atom stereocenters. The van der Waals surface area contributed by atoms with Gasteiger partial charge in [-0.2, -0.15) is 0 Å². The molecule has 2 aliphatic heterocycles. The van der Waals surface area contributed by atoms with Crippen molar-refractivity contribution in [2.75, 3.05) is 20.3 Å². The molecule has 1 aromatic rings. The zero-order chi connectivity index (χ0) is 17.6. The highest BCUT2D eigenvalue weighted by atomic mass is 16.5. The SMILES string of the molecule is COc1ccc([C@@H]2CCCN2CN2C(=O)N[C@@](C)(C3CC3)C2=O)cc1. The number of ether oxygens (including phenoxy) is 1. The number of likely N-dealkylation sites (tertiary alicyclic amines) is 1. The molecule has 6 heteroatoms. The van der Waals surface area contributed by atoms with Gasteiger partial charge in [-0.25, -0.2) is 9.69 Å². The van der Waals surface area contributed by atoms with Gasteiger partial charge < -0.3 is 10.1 Å². The van der Waals surface area contributed by atoms with E-state index in [9.17, 15) is 9.59 Å². The first kappa shape index (κ1) is 16.4. The van der Waals surface area contributed by atoms with Gasteiger partial charge in [0.15, 0.2) is 0 Å². The second kappa shape index (κ2) is 6.02. The van der Waals surface area contributed by atoms with E-state index in [0.29, 0.717) is 12.6 Å². The zero-order valence-corrected chi connectivity index (χ0v) is 14.8. The fraction of sp³-hybridized carbons (Fsp3) is 0.579. The van der Waals surface area contributed by atoms with Crippen molar-refractivity contribution in [3.8, 4) is 5.75 Å². The Morgan fingerprint density at radius 1 is 1.20 bits per heavy atom. The minimum absolute atomic E-state index is 0.0691. The molecule has 1 aliphatic carbocycles. The van der Waals surface area contributed by atoms with Crippen molar-refractivity contribution < 1.29 is 14.3 Å². The van der Waals surface area contributed by atoms with E-state index < -0.39 is 5.54 Å². The number of benzene rings is 1. The molecule has 134 valence electrons. The van der Waals surface area contributed by atoms with Gasteiger partial charge in [0.1, 0.15) is 11.3 Å². The van der Waals surface area contributed by atoms with Crippen LogP contribution in [0.15, 0.2) is 24.3 Å². The quantitative estimate of drug-likeness (QED) is 0.835. The number of hydrogen-bond donors (Lipinski definition) is 1. The highest BCUT2D eigenvalue weighted by molar-refractivity contribution is 6.07. The number of carbonyl (C=O) groups excluding carboxylic acids is 2. The molecule has 0 unspecified atom stereocenters. The Labute approximate surface area is 148 Å². The maximum Gasteiger partial charge on any atom is 0.326 e. The van der Waals surface area contributed by atoms with Crippen LogP contribution in [0.2, 0.25) is 0 Å². The van der Waals surface area contributed by atoms with Crippen LogP contribution in [0.5, 0.6) is 5.75 Å². The number of nitrogens with zero attached hydrogens (tertiary/aromatic N) is 2. The van der Waals surface area contributed by atoms with Crippen LogP contribution in [0.25, 0.3) is 0 Å². The molecule has 0 spiro atoms. The lowest BCUT2D eigenvalue weighted by molar-refractivity contribution is -0.133. The predicted molar refractivity (Wildman–Crippen MR) is 93.0 cm³/mol. The van der Waals surface area contributed by atoms with Crippen LogP contribution in [0.3, 0.4) is 0 Å². The number of carbonyl (C=O) groups is 2. The number of amides is 3. The van der Waals surface area contributed by atoms with Crippen molar-refractivity contribution in [1.29, 1.82) is 0 Å². The van der Waals surface area contributed by atoms with Gasteiger partial charge in [0.2, 0.25) is 0 Å². The number of hydrogen-bond acceptors (Lipinski definition) is 4. The molecule has 0 radical (unpaired) electrons. The third-order valence-corrected chi connectivity index (χ3v) is 5.88. The standard InChI is InChI=1S/C19H25N3O3/c1-19(14-7-8-14)17(23)22(18(24)20-19)12-21-11-3-4-16(21)13-5-9-15(25-2)10-6-13/h5-6,9-10,14,16H,3-4,7-8,11-12H2,1-2H3,(H,20,24)/t16-,19-/m0/s1. The molecule has 0 aromatic heterocycles. The average Bonchev–Trinajstić information content (AvgIpc) is 3.34. The monoisotopic (exact) mass is 343 g/mol. The summed E-state index contributed by atoms with van der Waals surface area (Å²) in [5, 5.41) is 2.93. The van der Waals surface area contributed by atoms with Crippen LogP contribution in [-0.4, -0.2) is 47.6 Å². The first-order valence-electron chi connectivity index (χ1n) is 9.05. The summed E-state index contributed by atoms with van der Waals surface area (Å²) < 4.78 is 5.23. The number of methoxy groups -OCH3 is 1. The van der Waals surface area contributed by atoms with Crippen molar-refractivity contribution in [3.63, 3.8) is 0 Å². The first-order chi connectivity index (χ1) is 12.0. The van der Waals surface area contributed by atoms with E-state index in [1.165, 1.54) is 10.5 Å². The molecule has 4 rings (SSSR count). The van der Waals surface area contributed by atoms with E-state index in [0.717, 1.165) is 38.0 Å². The molecule has 1 aromatic carbocycles. The lowest BCUT2D eigenvalue weighted by Crippen LogP contribution is -2.47. The van der Waals surface area contributed by atoms with Crippen LogP contribution in [0.4, 0.5) is 4.79 Å². The van der Waals surface area contributed by atoms with E-state index in [1.807, 2.05) is 19.1 Å². The van der Waals surface area contributed by atoms with Gasteiger partial charge >= 0.3 is 6.03 Å². The summed E-state index contributed by atoms with van der Waals surface area (Å²) in [4.78, 5) is 28.9. The summed E-state index contributed by atoms with van der Waals surface area (Å²) in [6, 6.07) is 8.05. The second-order valence-corrected chi connectivity index (χ2v) is 7.52. The van der Waals surface area contributed by atoms with E-state index in [-0.39, 0.29) is 18.0 Å². The summed E-state index contributed by atoms with van der Waals surface area (Å²) in [5.41, 5.74) is 0.502. The number of rotatable bonds is 5. The number of nitrogens with one attached hydrogen (secondary N) is 1. The molecule has 2 saturated heterocycles. The molecule has 25 heavy (non-hydrogen) atoms. The van der Waals surface area contributed by atoms with E-state index in [2.05, 4.69) is 22.3 Å². The van der Waals surface area contributed by atoms with Crippen LogP contribution < -0.4 is 10.1 Å². The molecule has 0 bridgehead atoms. The Kier molecular flexibility index (Phi) is 3.95. The summed E-state index contributed by atoms with van der Waals surface area (Å²) >= 11 is 0. The highest BCUT2D eigenvalue weighted by Gasteiger charge is 2.56. The largest absolute Gasteiger partial charge is 0.497 e. The lowest BCUT2D eigenvalue weighted by atomic mass is 9.96. The summed E-state index contributed by atoms with van der Waals surface area (Å²) in [6.45, 7) is 3.13. The summed E-state index contributed by atoms with van der Waals surface area (Å²) in [7, 11) is 1.66. The number of imide groups is 1. The molecule has 1 N–H and O–H groups in total. The van der Waals surface area contributed by atoms with Crippen LogP contribution >= 0.6 is 0 Å². The maximum atomic E-state index is 12.8. The smallest absolute Gasteiger partial charge is 0.326 e. The molecule has 3 aliphatic rings. The Morgan fingerprint density at radius 3 is 2.56 bits per heavy atom. The fourth-order valence-corrected chi connectivity index (χ4v) is 4.16. The summed E-state index contributed by atoms with van der Waals surface area (Å²) in [6.07, 6.45) is 4.15. The van der Waals surface area contributed by atoms with E-state index in [4.69, 9.17) is 4.74 Å². The van der Waals surface area contributed by atoms with Crippen LogP contribution in [-0.2, 0) is 4.79 Å². The van der Waals surface area contributed by atoms with Gasteiger partial charge in [-0.05, 0) is 56.2 Å². The number of urea groups is 1. The summed E-state index contributed by atoms with van der Waals surface area (Å²) in [5.74, 6) is 1.06. The van der Waals surface area contributed by atoms with E-state index in [1.54, 1.807) is 7.11 Å². The Balaban J connectivity index is 1.49. The highest BCUT2D eigenvalue weighted by Crippen LogP contribution is 2.43. The molecular weight excluding hydrogens is 318 g/mol. The van der Waals surface area contributed by atoms with Crippen molar-refractivity contribution >= 4 is 11.9 Å². The van der Waals surface area contributed by atoms with Gasteiger partial charge in [-0.3, -0.25) is 9.69 Å². The van der Waals surface area contributed by atoms with Gasteiger partial charge in [0, 0.05) is 12.6 Å². The molecular formula is C19H25N3O3. The Hall–Kier alpha value is -2.08. The molecule has 2 heterocycles. The van der Waals surface area contributed by atoms with Gasteiger partial charge in [-0.1, -0.05) is 12.1 Å². The minimum Gasteiger partial charge on any atom is -0.497 e. The maximum absolute atomic E-state index is 12.8. The predicted octanol–water partition coefficient (Wildman–Crippen LogP) is 2.51. The zero-order valence-electron chi connectivity index (χ0n) is 14.8. The molecule has 1 saturated carbocycles. The van der Waals surface area contributed by atoms with Crippen molar-refractivity contribution in [2.24, 2.45) is 5.92 Å². The third kappa shape index (κ3) is 2.78. The molecule has 6 nitrogen and oxygen atoms in total. The molecule has 3 fully saturated rings. The lowest BCUT2D eigenvalue weighted by Gasteiger charge is -2.29. The van der Waals surface area contributed by atoms with Gasteiger partial charge in [-0.15, -0.1) is 0 Å². The first-order valence-corrected chi connectivity index (χ1v) is 9.05. The second-order valence-electron chi connectivity index (χ2n) is 7.52.